The van der Waals surface area contributed by atoms with Gasteiger partial charge in [0.15, 0.2) is 19.0 Å². The summed E-state index contributed by atoms with van der Waals surface area (Å²) in [4.78, 5) is 19.7. The number of esters is 1. The highest BCUT2D eigenvalue weighted by Gasteiger charge is 2.76. The molecule has 0 heterocycles. The number of hydrogen-bond acceptors (Lipinski definition) is 6. The van der Waals surface area contributed by atoms with Crippen molar-refractivity contribution in [1.82, 2.24) is 0 Å². The van der Waals surface area contributed by atoms with Crippen LogP contribution in [0.25, 0.3) is 0 Å². The Kier molecular flexibility index (Phi) is 9.40. The summed E-state index contributed by atoms with van der Waals surface area (Å²) >= 11 is -1.46. The van der Waals surface area contributed by atoms with Crippen LogP contribution in [-0.4, -0.2) is 65.7 Å². The molecule has 6 nitrogen and oxygen atoms in total. The number of ether oxygens (including phenoxy) is 2. The lowest BCUT2D eigenvalue weighted by molar-refractivity contribution is -0.386. The van der Waals surface area contributed by atoms with Crippen molar-refractivity contribution in [1.29, 1.82) is 0 Å². The molecule has 1 aromatic carbocycles. The first-order chi connectivity index (χ1) is 16.8. The monoisotopic (exact) mass is 611 g/mol. The zero-order chi connectivity index (χ0) is 30.1. The maximum atomic E-state index is 13.5. The first kappa shape index (κ1) is 33.2. The summed E-state index contributed by atoms with van der Waals surface area (Å²) in [5.74, 6) is -29.3. The van der Waals surface area contributed by atoms with Gasteiger partial charge >= 0.3 is 53.2 Å². The normalized spacial score (nSPS) is 14.0. The summed E-state index contributed by atoms with van der Waals surface area (Å²) in [6, 6.07) is 0.508. The van der Waals surface area contributed by atoms with Gasteiger partial charge in [-0.3, -0.25) is 10.1 Å². The van der Waals surface area contributed by atoms with Gasteiger partial charge in [-0.05, 0) is 23.9 Å². The molecule has 0 amide bonds. The van der Waals surface area contributed by atoms with E-state index in [0.29, 0.717) is 0 Å². The molecule has 0 N–H and O–H groups in total. The van der Waals surface area contributed by atoms with E-state index in [1.54, 1.807) is 0 Å². The fourth-order valence-corrected chi connectivity index (χ4v) is 2.87. The second kappa shape index (κ2) is 10.8. The Morgan fingerprint density at radius 1 is 0.921 bits per heavy atom. The molecule has 22 heteroatoms. The van der Waals surface area contributed by atoms with Crippen LogP contribution in [-0.2, 0) is 9.53 Å². The number of alkyl halides is 15. The van der Waals surface area contributed by atoms with E-state index in [1.807, 2.05) is 0 Å². The maximum absolute atomic E-state index is 13.5. The van der Waals surface area contributed by atoms with Crippen molar-refractivity contribution in [2.24, 2.45) is 0 Å². The number of nitro groups is 1. The first-order valence-electron chi connectivity index (χ1n) is 8.81. The average Bonchev–Trinajstić information content (AvgIpc) is 2.75. The molecule has 38 heavy (non-hydrogen) atoms. The van der Waals surface area contributed by atoms with Crippen LogP contribution in [0.3, 0.4) is 0 Å². The molecule has 0 aromatic heterocycles. The highest BCUT2D eigenvalue weighted by atomic mass is 32.2. The Bertz CT molecular complexity index is 1030. The SMILES string of the molecule is O=C(COc1ccc(SC(F)(F)C(F)(F)C(F)(F)F)cc1[N+](=O)[O-])OCC(F)(F)C(F)(F)C(F)(F)C(F)F. The van der Waals surface area contributed by atoms with Crippen LogP contribution in [0.1, 0.15) is 0 Å². The topological polar surface area (TPSA) is 78.7 Å². The van der Waals surface area contributed by atoms with Crippen molar-refractivity contribution in [3.8, 4) is 5.75 Å². The fourth-order valence-electron chi connectivity index (χ4n) is 2.02. The van der Waals surface area contributed by atoms with Gasteiger partial charge in [-0.15, -0.1) is 0 Å². The molecule has 0 aliphatic rings. The summed E-state index contributed by atoms with van der Waals surface area (Å²) in [6.07, 6.45) is -12.0. The number of benzene rings is 1. The molecule has 0 aliphatic heterocycles. The number of rotatable bonds is 12. The summed E-state index contributed by atoms with van der Waals surface area (Å²) in [5, 5.41) is 5.14. The van der Waals surface area contributed by atoms with Crippen molar-refractivity contribution in [2.75, 3.05) is 13.2 Å². The van der Waals surface area contributed by atoms with Crippen molar-refractivity contribution >= 4 is 23.4 Å². The molecule has 0 unspecified atom stereocenters. The van der Waals surface area contributed by atoms with E-state index < -0.39 is 93.7 Å². The Morgan fingerprint density at radius 3 is 1.89 bits per heavy atom. The van der Waals surface area contributed by atoms with Gasteiger partial charge in [0.1, 0.15) is 0 Å². The van der Waals surface area contributed by atoms with Crippen LogP contribution in [0, 0.1) is 10.1 Å². The maximum Gasteiger partial charge on any atom is 0.460 e. The molecule has 0 aliphatic carbocycles. The molecule has 1 aromatic rings. The molecule has 0 atom stereocenters. The molecule has 0 saturated heterocycles. The standard InChI is InChI=1S/C16H8F15NO5S/c17-10(18)12(21,22)13(23,24)11(19,20)5-37-9(33)4-36-8-2-1-6(3-7(8)32(34)35)38-16(30,31)14(25,26)15(27,28)29/h1-3,10H,4-5H2. The highest BCUT2D eigenvalue weighted by Crippen LogP contribution is 2.54. The third-order valence-electron chi connectivity index (χ3n) is 4.01. The minimum Gasteiger partial charge on any atom is -0.475 e. The number of carbonyl (C=O) groups is 1. The number of nitrogens with zero attached hydrogens (tertiary/aromatic N) is 1. The van der Waals surface area contributed by atoms with Crippen molar-refractivity contribution in [2.45, 2.75) is 46.4 Å². The molecule has 0 spiro atoms. The lowest BCUT2D eigenvalue weighted by Gasteiger charge is -2.31. The lowest BCUT2D eigenvalue weighted by atomic mass is 10.1. The average molecular weight is 611 g/mol. The molecule has 218 valence electrons. The van der Waals surface area contributed by atoms with Crippen molar-refractivity contribution in [3.63, 3.8) is 0 Å². The predicted octanol–water partition coefficient (Wildman–Crippen LogP) is 6.57. The van der Waals surface area contributed by atoms with E-state index in [2.05, 4.69) is 9.47 Å². The fraction of sp³-hybridized carbons (Fsp3) is 0.562. The molecule has 0 saturated carbocycles. The molecule has 0 fully saturated rings. The van der Waals surface area contributed by atoms with Gasteiger partial charge in [-0.1, -0.05) is 0 Å². The van der Waals surface area contributed by atoms with Crippen LogP contribution in [0.5, 0.6) is 5.75 Å². The summed E-state index contributed by atoms with van der Waals surface area (Å²) < 4.78 is 200. The van der Waals surface area contributed by atoms with Gasteiger partial charge in [0, 0.05) is 11.0 Å². The van der Waals surface area contributed by atoms with Crippen LogP contribution < -0.4 is 4.74 Å². The van der Waals surface area contributed by atoms with Gasteiger partial charge in [-0.25, -0.2) is 13.6 Å². The van der Waals surface area contributed by atoms with Gasteiger partial charge in [0.05, 0.1) is 4.92 Å². The highest BCUT2D eigenvalue weighted by molar-refractivity contribution is 8.00. The number of hydrogen-bond donors (Lipinski definition) is 0. The second-order valence-corrected chi connectivity index (χ2v) is 7.92. The van der Waals surface area contributed by atoms with Gasteiger partial charge < -0.3 is 9.47 Å². The molecular formula is C16H8F15NO5S. The minimum absolute atomic E-state index is 0.0210. The van der Waals surface area contributed by atoms with Gasteiger partial charge in [0.2, 0.25) is 0 Å². The zero-order valence-electron chi connectivity index (χ0n) is 17.3. The van der Waals surface area contributed by atoms with E-state index >= 15 is 0 Å². The Hall–Kier alpha value is -2.81. The van der Waals surface area contributed by atoms with Gasteiger partial charge in [0.25, 0.3) is 0 Å². The minimum atomic E-state index is -6.73. The Labute approximate surface area is 203 Å². The number of nitro benzene ring substituents is 1. The third kappa shape index (κ3) is 6.60. The van der Waals surface area contributed by atoms with E-state index in [1.165, 1.54) is 0 Å². The van der Waals surface area contributed by atoms with Crippen molar-refractivity contribution < 1.29 is 85.0 Å². The van der Waals surface area contributed by atoms with E-state index in [9.17, 15) is 80.8 Å². The molecule has 0 bridgehead atoms. The number of halogens is 15. The van der Waals surface area contributed by atoms with Crippen LogP contribution in [0.2, 0.25) is 0 Å². The summed E-state index contributed by atoms with van der Waals surface area (Å²) in [5.41, 5.74) is -1.47. The van der Waals surface area contributed by atoms with E-state index in [4.69, 9.17) is 0 Å². The third-order valence-corrected chi connectivity index (χ3v) is 5.01. The smallest absolute Gasteiger partial charge is 0.460 e. The van der Waals surface area contributed by atoms with Crippen LogP contribution >= 0.6 is 11.8 Å². The number of carbonyl (C=O) groups excluding carboxylic acids is 1. The van der Waals surface area contributed by atoms with Crippen LogP contribution in [0.4, 0.5) is 71.5 Å². The second-order valence-electron chi connectivity index (χ2n) is 6.73. The van der Waals surface area contributed by atoms with E-state index in [0.717, 1.165) is 0 Å². The van der Waals surface area contributed by atoms with Gasteiger partial charge in [-0.2, -0.15) is 57.1 Å². The Morgan fingerprint density at radius 2 is 1.45 bits per heavy atom. The van der Waals surface area contributed by atoms with Crippen LogP contribution in [0.15, 0.2) is 23.1 Å². The lowest BCUT2D eigenvalue weighted by Crippen LogP contribution is -2.59. The largest absolute Gasteiger partial charge is 0.475 e. The summed E-state index contributed by atoms with van der Waals surface area (Å²) in [6.45, 7) is -4.63. The zero-order valence-corrected chi connectivity index (χ0v) is 18.1. The Balaban J connectivity index is 2.99. The van der Waals surface area contributed by atoms with E-state index in [-0.39, 0.29) is 18.2 Å². The first-order valence-corrected chi connectivity index (χ1v) is 9.63. The molecule has 1 rings (SSSR count). The predicted molar refractivity (Wildman–Crippen MR) is 92.2 cm³/mol. The van der Waals surface area contributed by atoms with Crippen molar-refractivity contribution in [3.05, 3.63) is 28.3 Å². The molecule has 0 radical (unpaired) electrons. The molecular weight excluding hydrogens is 603 g/mol. The quantitative estimate of drug-likeness (QED) is 0.0876. The number of thioether (sulfide) groups is 1. The summed E-state index contributed by atoms with van der Waals surface area (Å²) in [7, 11) is 0.